The number of rotatable bonds is 3. The highest BCUT2D eigenvalue weighted by atomic mass is 19.1. The van der Waals surface area contributed by atoms with Gasteiger partial charge in [-0.2, -0.15) is 0 Å². The summed E-state index contributed by atoms with van der Waals surface area (Å²) in [5, 5.41) is 9.81. The average molecular weight is 295 g/mol. The zero-order valence-corrected chi connectivity index (χ0v) is 12.7. The summed E-state index contributed by atoms with van der Waals surface area (Å²) >= 11 is 0. The van der Waals surface area contributed by atoms with Crippen molar-refractivity contribution in [2.75, 3.05) is 0 Å². The summed E-state index contributed by atoms with van der Waals surface area (Å²) in [6.07, 6.45) is 0. The fourth-order valence-electron chi connectivity index (χ4n) is 3.06. The molecular weight excluding hydrogens is 277 g/mol. The lowest BCUT2D eigenvalue weighted by atomic mass is 10.0. The van der Waals surface area contributed by atoms with Crippen molar-refractivity contribution >= 4 is 0 Å². The summed E-state index contributed by atoms with van der Waals surface area (Å²) in [7, 11) is 0. The Morgan fingerprint density at radius 3 is 2.14 bits per heavy atom. The van der Waals surface area contributed by atoms with Crippen LogP contribution in [0.4, 0.5) is 4.39 Å². The summed E-state index contributed by atoms with van der Waals surface area (Å²) < 4.78 is 15.3. The number of halogens is 1. The predicted octanol–water partition coefficient (Wildman–Crippen LogP) is 4.39. The van der Waals surface area contributed by atoms with E-state index in [0.717, 1.165) is 33.8 Å². The van der Waals surface area contributed by atoms with Crippen molar-refractivity contribution in [2.45, 2.75) is 20.5 Å². The number of hydrogen-bond donors (Lipinski definition) is 1. The first-order valence-electron chi connectivity index (χ1n) is 7.26. The van der Waals surface area contributed by atoms with Crippen molar-refractivity contribution in [1.29, 1.82) is 0 Å². The highest BCUT2D eigenvalue weighted by Gasteiger charge is 2.19. The molecule has 3 aromatic rings. The smallest absolute Gasteiger partial charge is 0.123 e. The zero-order valence-electron chi connectivity index (χ0n) is 12.7. The molecule has 112 valence electrons. The largest absolute Gasteiger partial charge is 0.392 e. The zero-order chi connectivity index (χ0) is 15.7. The van der Waals surface area contributed by atoms with E-state index in [2.05, 4.69) is 4.57 Å². The van der Waals surface area contributed by atoms with E-state index in [1.165, 1.54) is 12.1 Å². The second kappa shape index (κ2) is 5.78. The molecule has 2 aromatic carbocycles. The van der Waals surface area contributed by atoms with Crippen LogP contribution in [0.15, 0.2) is 54.6 Å². The highest BCUT2D eigenvalue weighted by Crippen LogP contribution is 2.34. The van der Waals surface area contributed by atoms with Gasteiger partial charge in [-0.05, 0) is 43.7 Å². The van der Waals surface area contributed by atoms with Crippen LogP contribution in [-0.4, -0.2) is 9.67 Å². The monoisotopic (exact) mass is 295 g/mol. The lowest BCUT2D eigenvalue weighted by molar-refractivity contribution is 0.281. The van der Waals surface area contributed by atoms with Crippen LogP contribution in [0.25, 0.3) is 16.8 Å². The van der Waals surface area contributed by atoms with Crippen molar-refractivity contribution in [3.05, 3.63) is 77.4 Å². The Hall–Kier alpha value is -2.39. The quantitative estimate of drug-likeness (QED) is 0.761. The van der Waals surface area contributed by atoms with Gasteiger partial charge < -0.3 is 9.67 Å². The number of para-hydroxylation sites is 1. The molecule has 22 heavy (non-hydrogen) atoms. The molecule has 0 fully saturated rings. The third-order valence-corrected chi connectivity index (χ3v) is 4.08. The Bertz CT molecular complexity index is 789. The van der Waals surface area contributed by atoms with E-state index in [1.807, 2.05) is 44.2 Å². The SMILES string of the molecule is Cc1c(CO)c(-c2ccc(F)cc2)c(C)n1-c1ccccc1. The minimum absolute atomic E-state index is 0.0424. The third kappa shape index (κ3) is 2.34. The van der Waals surface area contributed by atoms with E-state index in [9.17, 15) is 9.50 Å². The molecule has 1 aromatic heterocycles. The maximum absolute atomic E-state index is 13.2. The van der Waals surface area contributed by atoms with Gasteiger partial charge in [-0.25, -0.2) is 4.39 Å². The maximum Gasteiger partial charge on any atom is 0.123 e. The van der Waals surface area contributed by atoms with Crippen LogP contribution in [0.1, 0.15) is 17.0 Å². The molecule has 0 spiro atoms. The van der Waals surface area contributed by atoms with E-state index < -0.39 is 0 Å². The van der Waals surface area contributed by atoms with Crippen LogP contribution in [0.3, 0.4) is 0 Å². The van der Waals surface area contributed by atoms with Crippen LogP contribution in [0.2, 0.25) is 0 Å². The summed E-state index contributed by atoms with van der Waals surface area (Å²) in [5.74, 6) is -0.258. The normalized spacial score (nSPS) is 10.9. The number of nitrogens with zero attached hydrogens (tertiary/aromatic N) is 1. The summed E-state index contributed by atoms with van der Waals surface area (Å²) in [4.78, 5) is 0. The van der Waals surface area contributed by atoms with Gasteiger partial charge in [0.25, 0.3) is 0 Å². The molecule has 1 heterocycles. The standard InChI is InChI=1S/C19H18FNO/c1-13-18(12-22)19(15-8-10-16(20)11-9-15)14(2)21(13)17-6-4-3-5-7-17/h3-11,22H,12H2,1-2H3. The molecule has 0 radical (unpaired) electrons. The lowest BCUT2D eigenvalue weighted by Gasteiger charge is -2.09. The van der Waals surface area contributed by atoms with Crippen LogP contribution in [0.5, 0.6) is 0 Å². The summed E-state index contributed by atoms with van der Waals surface area (Å²) in [6.45, 7) is 3.98. The number of hydrogen-bond acceptors (Lipinski definition) is 1. The first-order chi connectivity index (χ1) is 10.6. The van der Waals surface area contributed by atoms with Crippen molar-refractivity contribution in [3.8, 4) is 16.8 Å². The Labute approximate surface area is 129 Å². The van der Waals surface area contributed by atoms with Crippen molar-refractivity contribution in [3.63, 3.8) is 0 Å². The van der Waals surface area contributed by atoms with Crippen LogP contribution in [0, 0.1) is 19.7 Å². The molecular formula is C19H18FNO. The molecule has 0 bridgehead atoms. The number of benzene rings is 2. The number of aliphatic hydroxyl groups is 1. The first kappa shape index (κ1) is 14.5. The summed E-state index contributed by atoms with van der Waals surface area (Å²) in [5.41, 5.74) is 5.88. The van der Waals surface area contributed by atoms with Crippen molar-refractivity contribution in [1.82, 2.24) is 4.57 Å². The van der Waals surface area contributed by atoms with Gasteiger partial charge in [0, 0.05) is 28.2 Å². The van der Waals surface area contributed by atoms with Gasteiger partial charge in [0.15, 0.2) is 0 Å². The minimum atomic E-state index is -0.258. The van der Waals surface area contributed by atoms with E-state index in [-0.39, 0.29) is 12.4 Å². The molecule has 2 nitrogen and oxygen atoms in total. The average Bonchev–Trinajstić information content (AvgIpc) is 2.79. The Morgan fingerprint density at radius 1 is 0.909 bits per heavy atom. The van der Waals surface area contributed by atoms with Gasteiger partial charge in [-0.15, -0.1) is 0 Å². The van der Waals surface area contributed by atoms with Gasteiger partial charge in [-0.1, -0.05) is 30.3 Å². The predicted molar refractivity (Wildman–Crippen MR) is 86.6 cm³/mol. The highest BCUT2D eigenvalue weighted by molar-refractivity contribution is 5.73. The van der Waals surface area contributed by atoms with E-state index in [0.29, 0.717) is 0 Å². The second-order valence-corrected chi connectivity index (χ2v) is 5.36. The van der Waals surface area contributed by atoms with Gasteiger partial charge in [0.05, 0.1) is 6.61 Å². The Balaban J connectivity index is 2.25. The van der Waals surface area contributed by atoms with Gasteiger partial charge in [0.1, 0.15) is 5.82 Å². The molecule has 0 atom stereocenters. The van der Waals surface area contributed by atoms with Crippen molar-refractivity contribution < 1.29 is 9.50 Å². The third-order valence-electron chi connectivity index (χ3n) is 4.08. The number of aliphatic hydroxyl groups excluding tert-OH is 1. The van der Waals surface area contributed by atoms with Gasteiger partial charge >= 0.3 is 0 Å². The number of aromatic nitrogens is 1. The van der Waals surface area contributed by atoms with Crippen LogP contribution in [-0.2, 0) is 6.61 Å². The lowest BCUT2D eigenvalue weighted by Crippen LogP contribution is -1.99. The van der Waals surface area contributed by atoms with Crippen molar-refractivity contribution in [2.24, 2.45) is 0 Å². The molecule has 3 heteroatoms. The molecule has 0 saturated heterocycles. The van der Waals surface area contributed by atoms with E-state index in [1.54, 1.807) is 12.1 Å². The first-order valence-corrected chi connectivity index (χ1v) is 7.26. The Morgan fingerprint density at radius 2 is 1.55 bits per heavy atom. The fraction of sp³-hybridized carbons (Fsp3) is 0.158. The van der Waals surface area contributed by atoms with E-state index >= 15 is 0 Å². The fourth-order valence-corrected chi connectivity index (χ4v) is 3.06. The van der Waals surface area contributed by atoms with Gasteiger partial charge in [0.2, 0.25) is 0 Å². The van der Waals surface area contributed by atoms with Crippen LogP contribution >= 0.6 is 0 Å². The molecule has 0 saturated carbocycles. The summed E-state index contributed by atoms with van der Waals surface area (Å²) in [6, 6.07) is 16.4. The molecule has 3 rings (SSSR count). The molecule has 0 unspecified atom stereocenters. The topological polar surface area (TPSA) is 25.2 Å². The van der Waals surface area contributed by atoms with Gasteiger partial charge in [-0.3, -0.25) is 0 Å². The molecule has 0 amide bonds. The Kier molecular flexibility index (Phi) is 3.82. The maximum atomic E-state index is 13.2. The second-order valence-electron chi connectivity index (χ2n) is 5.36. The molecule has 0 aliphatic carbocycles. The van der Waals surface area contributed by atoms with E-state index in [4.69, 9.17) is 0 Å². The molecule has 0 aliphatic heterocycles. The van der Waals surface area contributed by atoms with Crippen LogP contribution < -0.4 is 0 Å². The minimum Gasteiger partial charge on any atom is -0.392 e. The molecule has 0 aliphatic rings. The molecule has 1 N–H and O–H groups in total.